The van der Waals surface area contributed by atoms with Gasteiger partial charge in [-0.05, 0) is 48.9 Å². The Bertz CT molecular complexity index is 988. The Balaban J connectivity index is 1.86. The molecule has 1 fully saturated rings. The second kappa shape index (κ2) is 9.77. The van der Waals surface area contributed by atoms with Crippen molar-refractivity contribution in [1.29, 1.82) is 0 Å². The molecule has 0 aliphatic carbocycles. The van der Waals surface area contributed by atoms with Gasteiger partial charge in [-0.1, -0.05) is 13.0 Å². The summed E-state index contributed by atoms with van der Waals surface area (Å²) in [6, 6.07) is 5.13. The molecule has 1 aliphatic rings. The van der Waals surface area contributed by atoms with Gasteiger partial charge in [-0.25, -0.2) is 9.78 Å². The number of aromatic nitrogens is 1. The van der Waals surface area contributed by atoms with Gasteiger partial charge in [0.1, 0.15) is 0 Å². The fourth-order valence-electron chi connectivity index (χ4n) is 2.60. The Morgan fingerprint density at radius 3 is 2.80 bits per heavy atom. The van der Waals surface area contributed by atoms with Crippen LogP contribution in [0.25, 0.3) is 6.08 Å². The van der Waals surface area contributed by atoms with Crippen LogP contribution in [0.2, 0.25) is 0 Å². The fourth-order valence-corrected chi connectivity index (χ4v) is 4.13. The van der Waals surface area contributed by atoms with Crippen LogP contribution in [0.3, 0.4) is 0 Å². The molecule has 10 heteroatoms. The summed E-state index contributed by atoms with van der Waals surface area (Å²) < 4.78 is 11.2. The number of thiazole rings is 1. The molecule has 0 saturated carbocycles. The van der Waals surface area contributed by atoms with Gasteiger partial charge in [0.25, 0.3) is 5.91 Å². The minimum atomic E-state index is -1.03. The van der Waals surface area contributed by atoms with Crippen LogP contribution in [0, 0.1) is 0 Å². The lowest BCUT2D eigenvalue weighted by molar-refractivity contribution is -0.145. The van der Waals surface area contributed by atoms with Gasteiger partial charge < -0.3 is 14.6 Å². The Labute approximate surface area is 182 Å². The molecule has 2 aromatic rings. The zero-order valence-corrected chi connectivity index (χ0v) is 18.3. The maximum Gasteiger partial charge on any atom is 0.344 e. The Hall–Kier alpha value is -2.85. The first kappa shape index (κ1) is 21.8. The molecular weight excluding hydrogens is 426 g/mol. The highest BCUT2D eigenvalue weighted by Crippen LogP contribution is 2.35. The van der Waals surface area contributed by atoms with Crippen molar-refractivity contribution in [3.63, 3.8) is 0 Å². The first-order valence-electron chi connectivity index (χ1n) is 9.25. The minimum absolute atomic E-state index is 0.162. The molecule has 3 rings (SSSR count). The number of amidine groups is 1. The molecule has 158 valence electrons. The van der Waals surface area contributed by atoms with Crippen LogP contribution in [-0.4, -0.2) is 51.8 Å². The van der Waals surface area contributed by atoms with Gasteiger partial charge in [0.15, 0.2) is 22.8 Å². The number of carbonyl (C=O) groups excluding carboxylic acids is 1. The van der Waals surface area contributed by atoms with E-state index in [1.54, 1.807) is 44.4 Å². The number of nitrogens with zero attached hydrogens (tertiary/aromatic N) is 3. The van der Waals surface area contributed by atoms with Gasteiger partial charge in [-0.3, -0.25) is 9.69 Å². The summed E-state index contributed by atoms with van der Waals surface area (Å²) in [5.74, 6) is -0.423. The van der Waals surface area contributed by atoms with Gasteiger partial charge in [0, 0.05) is 18.6 Å². The lowest BCUT2D eigenvalue weighted by Crippen LogP contribution is -2.26. The zero-order valence-electron chi connectivity index (χ0n) is 16.7. The number of hydrogen-bond donors (Lipinski definition) is 1. The van der Waals surface area contributed by atoms with E-state index in [-0.39, 0.29) is 5.91 Å². The Morgan fingerprint density at radius 2 is 2.17 bits per heavy atom. The summed E-state index contributed by atoms with van der Waals surface area (Å²) in [5, 5.41) is 12.2. The highest BCUT2D eigenvalue weighted by atomic mass is 32.2. The first-order chi connectivity index (χ1) is 14.4. The molecule has 30 heavy (non-hydrogen) atoms. The van der Waals surface area contributed by atoms with E-state index >= 15 is 0 Å². The van der Waals surface area contributed by atoms with Crippen molar-refractivity contribution in [3.8, 4) is 11.5 Å². The highest BCUT2D eigenvalue weighted by molar-refractivity contribution is 8.18. The average Bonchev–Trinajstić information content (AvgIpc) is 3.32. The Kier molecular flexibility index (Phi) is 7.11. The predicted octanol–water partition coefficient (Wildman–Crippen LogP) is 4.02. The number of amides is 1. The van der Waals surface area contributed by atoms with Crippen LogP contribution in [0.1, 0.15) is 25.8 Å². The number of aliphatic imine (C=N–C) groups is 1. The number of likely N-dealkylation sites (N-methyl/N-ethyl adjacent to an activating group) is 1. The molecule has 1 aliphatic heterocycles. The standard InChI is InChI=1S/C20H21N3O5S2/c1-4-13(18(25)26)28-14-7-6-12(10-15(14)27-5-2)11-16-17(24)23(3)20(30-16)22-19-21-8-9-29-19/h6-11,13H,4-5H2,1-3H3,(H,25,26)/b16-11+,22-20+. The molecule has 1 aromatic heterocycles. The molecule has 1 aromatic carbocycles. The maximum absolute atomic E-state index is 12.6. The second-order valence-corrected chi connectivity index (χ2v) is 8.06. The third-order valence-electron chi connectivity index (χ3n) is 4.09. The van der Waals surface area contributed by atoms with E-state index in [1.807, 2.05) is 12.3 Å². The molecule has 8 nitrogen and oxygen atoms in total. The number of benzene rings is 1. The summed E-state index contributed by atoms with van der Waals surface area (Å²) in [7, 11) is 1.67. The molecule has 1 saturated heterocycles. The van der Waals surface area contributed by atoms with Crippen molar-refractivity contribution in [2.45, 2.75) is 26.4 Å². The van der Waals surface area contributed by atoms with Crippen LogP contribution in [0.15, 0.2) is 39.7 Å². The van der Waals surface area contributed by atoms with E-state index in [0.29, 0.717) is 39.7 Å². The number of ether oxygens (including phenoxy) is 2. The van der Waals surface area contributed by atoms with Gasteiger partial charge in [0.2, 0.25) is 5.13 Å². The molecular formula is C20H21N3O5S2. The summed E-state index contributed by atoms with van der Waals surface area (Å²) >= 11 is 2.66. The van der Waals surface area contributed by atoms with E-state index < -0.39 is 12.1 Å². The quantitative estimate of drug-likeness (QED) is 0.610. The predicted molar refractivity (Wildman–Crippen MR) is 118 cm³/mol. The van der Waals surface area contributed by atoms with Crippen molar-refractivity contribution in [3.05, 3.63) is 40.2 Å². The van der Waals surface area contributed by atoms with E-state index in [0.717, 1.165) is 5.56 Å². The normalized spacial score (nSPS) is 17.6. The number of aliphatic carboxylic acids is 1. The molecule has 1 N–H and O–H groups in total. The molecule has 0 spiro atoms. The van der Waals surface area contributed by atoms with Crippen molar-refractivity contribution in [1.82, 2.24) is 9.88 Å². The molecule has 0 radical (unpaired) electrons. The van der Waals surface area contributed by atoms with E-state index in [2.05, 4.69) is 9.98 Å². The van der Waals surface area contributed by atoms with E-state index in [9.17, 15) is 14.7 Å². The number of carboxylic acids is 1. The largest absolute Gasteiger partial charge is 0.490 e. The molecule has 1 amide bonds. The number of carbonyl (C=O) groups is 2. The number of hydrogen-bond acceptors (Lipinski definition) is 8. The molecule has 2 heterocycles. The highest BCUT2D eigenvalue weighted by Gasteiger charge is 2.30. The summed E-state index contributed by atoms with van der Waals surface area (Å²) in [4.78, 5) is 34.4. The third-order valence-corrected chi connectivity index (χ3v) is 5.82. The number of rotatable bonds is 8. The van der Waals surface area contributed by atoms with Crippen molar-refractivity contribution in [2.24, 2.45) is 4.99 Å². The number of thioether (sulfide) groups is 1. The smallest absolute Gasteiger partial charge is 0.344 e. The second-order valence-electron chi connectivity index (χ2n) is 6.18. The van der Waals surface area contributed by atoms with Crippen LogP contribution >= 0.6 is 23.1 Å². The van der Waals surface area contributed by atoms with Crippen LogP contribution in [0.5, 0.6) is 11.5 Å². The summed E-state index contributed by atoms with van der Waals surface area (Å²) in [6.07, 6.45) is 2.77. The molecule has 1 unspecified atom stereocenters. The van der Waals surface area contributed by atoms with Crippen LogP contribution in [0.4, 0.5) is 5.13 Å². The van der Waals surface area contributed by atoms with Crippen molar-refractivity contribution < 1.29 is 24.2 Å². The SMILES string of the molecule is CCOc1cc(/C=C2/S/C(=N/c3nccs3)N(C)C2=O)ccc1OC(CC)C(=O)O. The van der Waals surface area contributed by atoms with Gasteiger partial charge in [-0.2, -0.15) is 4.99 Å². The van der Waals surface area contributed by atoms with Gasteiger partial charge >= 0.3 is 5.97 Å². The average molecular weight is 448 g/mol. The van der Waals surface area contributed by atoms with Crippen molar-refractivity contribution >= 4 is 51.4 Å². The Morgan fingerprint density at radius 1 is 1.37 bits per heavy atom. The minimum Gasteiger partial charge on any atom is -0.490 e. The summed E-state index contributed by atoms with van der Waals surface area (Å²) in [6.45, 7) is 3.96. The fraction of sp³-hybridized carbons (Fsp3) is 0.300. The molecule has 0 bridgehead atoms. The first-order valence-corrected chi connectivity index (χ1v) is 10.9. The van der Waals surface area contributed by atoms with Crippen LogP contribution in [-0.2, 0) is 9.59 Å². The topological polar surface area (TPSA) is 101 Å². The monoisotopic (exact) mass is 447 g/mol. The maximum atomic E-state index is 12.6. The van der Waals surface area contributed by atoms with Gasteiger partial charge in [0.05, 0.1) is 11.5 Å². The number of carboxylic acid groups (broad SMARTS) is 1. The van der Waals surface area contributed by atoms with E-state index in [1.165, 1.54) is 28.0 Å². The zero-order chi connectivity index (χ0) is 21.7. The lowest BCUT2D eigenvalue weighted by Gasteiger charge is -2.17. The van der Waals surface area contributed by atoms with Crippen molar-refractivity contribution in [2.75, 3.05) is 13.7 Å². The molecule has 1 atom stereocenters. The van der Waals surface area contributed by atoms with Crippen LogP contribution < -0.4 is 9.47 Å². The summed E-state index contributed by atoms with van der Waals surface area (Å²) in [5.41, 5.74) is 0.730. The van der Waals surface area contributed by atoms with Gasteiger partial charge in [-0.15, -0.1) is 11.3 Å². The third kappa shape index (κ3) is 5.00. The lowest BCUT2D eigenvalue weighted by atomic mass is 10.1. The van der Waals surface area contributed by atoms with E-state index in [4.69, 9.17) is 9.47 Å².